The maximum Gasteiger partial charge on any atom is 0.118 e. The predicted octanol–water partition coefficient (Wildman–Crippen LogP) is 4.68. The van der Waals surface area contributed by atoms with Crippen molar-refractivity contribution in [1.29, 1.82) is 0 Å². The number of hydrogen-bond donors (Lipinski definition) is 0. The van der Waals surface area contributed by atoms with Crippen molar-refractivity contribution in [3.8, 4) is 5.75 Å². The van der Waals surface area contributed by atoms with Crippen LogP contribution in [0.4, 0.5) is 0 Å². The fourth-order valence-corrected chi connectivity index (χ4v) is 2.80. The topological polar surface area (TPSA) is 22.1 Å². The lowest BCUT2D eigenvalue weighted by atomic mass is 10.0. The van der Waals surface area contributed by atoms with E-state index in [2.05, 4.69) is 33.0 Å². The summed E-state index contributed by atoms with van der Waals surface area (Å²) in [5.41, 5.74) is 2.45. The normalized spacial score (nSPS) is 12.2. The van der Waals surface area contributed by atoms with Gasteiger partial charge in [-0.3, -0.25) is 4.98 Å². The molecule has 20 heavy (non-hydrogen) atoms. The minimum Gasteiger partial charge on any atom is -0.497 e. The molecule has 0 saturated carbocycles. The lowest BCUT2D eigenvalue weighted by Gasteiger charge is -2.11. The van der Waals surface area contributed by atoms with Crippen molar-refractivity contribution in [1.82, 2.24) is 4.98 Å². The third kappa shape index (κ3) is 4.50. The second-order valence-corrected chi connectivity index (χ2v) is 6.36. The third-order valence-electron chi connectivity index (χ3n) is 3.20. The van der Waals surface area contributed by atoms with Crippen LogP contribution in [0.2, 0.25) is 5.02 Å². The van der Waals surface area contributed by atoms with Crippen LogP contribution in [0.15, 0.2) is 42.7 Å². The highest BCUT2D eigenvalue weighted by molar-refractivity contribution is 9.09. The van der Waals surface area contributed by atoms with Crippen LogP contribution >= 0.6 is 27.5 Å². The number of aryl methyl sites for hydroxylation is 1. The molecular formula is C16H17BrClNO. The summed E-state index contributed by atoms with van der Waals surface area (Å²) < 4.78 is 5.16. The van der Waals surface area contributed by atoms with Crippen LogP contribution in [0, 0.1) is 0 Å². The Labute approximate surface area is 133 Å². The first-order valence-electron chi connectivity index (χ1n) is 6.54. The molecule has 1 unspecified atom stereocenters. The van der Waals surface area contributed by atoms with E-state index in [1.165, 1.54) is 5.56 Å². The number of methoxy groups -OCH3 is 1. The molecule has 0 aliphatic heterocycles. The zero-order valence-corrected chi connectivity index (χ0v) is 13.7. The van der Waals surface area contributed by atoms with Gasteiger partial charge in [-0.1, -0.05) is 39.7 Å². The van der Waals surface area contributed by atoms with E-state index < -0.39 is 0 Å². The number of rotatable bonds is 6. The average molecular weight is 355 g/mol. The van der Waals surface area contributed by atoms with E-state index in [9.17, 15) is 0 Å². The van der Waals surface area contributed by atoms with Gasteiger partial charge in [0.25, 0.3) is 0 Å². The molecule has 1 atom stereocenters. The minimum atomic E-state index is 0.407. The summed E-state index contributed by atoms with van der Waals surface area (Å²) in [7, 11) is 1.68. The number of nitrogens with zero attached hydrogens (tertiary/aromatic N) is 1. The maximum absolute atomic E-state index is 6.12. The van der Waals surface area contributed by atoms with E-state index in [1.54, 1.807) is 19.5 Å². The number of benzene rings is 1. The molecule has 0 aliphatic carbocycles. The van der Waals surface area contributed by atoms with E-state index in [4.69, 9.17) is 16.3 Å². The van der Waals surface area contributed by atoms with E-state index in [0.717, 1.165) is 35.6 Å². The predicted molar refractivity (Wildman–Crippen MR) is 87.0 cm³/mol. The zero-order valence-electron chi connectivity index (χ0n) is 11.4. The van der Waals surface area contributed by atoms with E-state index in [0.29, 0.717) is 4.83 Å². The number of alkyl halides is 1. The Morgan fingerprint density at radius 1 is 1.25 bits per heavy atom. The highest BCUT2D eigenvalue weighted by atomic mass is 79.9. The van der Waals surface area contributed by atoms with E-state index in [1.807, 2.05) is 18.2 Å². The van der Waals surface area contributed by atoms with Crippen LogP contribution in [-0.4, -0.2) is 16.9 Å². The number of aromatic nitrogens is 1. The number of halogens is 2. The van der Waals surface area contributed by atoms with E-state index >= 15 is 0 Å². The Kier molecular flexibility index (Phi) is 5.86. The number of pyridine rings is 1. The SMILES string of the molecule is COc1ccc(CCC(Br)Cc2ccncc2Cl)cc1. The summed E-state index contributed by atoms with van der Waals surface area (Å²) in [4.78, 5) is 4.41. The summed E-state index contributed by atoms with van der Waals surface area (Å²) in [6, 6.07) is 10.2. The van der Waals surface area contributed by atoms with Crippen LogP contribution in [0.5, 0.6) is 5.75 Å². The largest absolute Gasteiger partial charge is 0.497 e. The molecule has 0 bridgehead atoms. The minimum absolute atomic E-state index is 0.407. The molecular weight excluding hydrogens is 338 g/mol. The van der Waals surface area contributed by atoms with Crippen molar-refractivity contribution < 1.29 is 4.74 Å². The molecule has 1 heterocycles. The van der Waals surface area contributed by atoms with Crippen LogP contribution in [0.25, 0.3) is 0 Å². The monoisotopic (exact) mass is 353 g/mol. The molecule has 106 valence electrons. The molecule has 0 amide bonds. The lowest BCUT2D eigenvalue weighted by molar-refractivity contribution is 0.414. The molecule has 0 aliphatic rings. The molecule has 2 aromatic rings. The first-order chi connectivity index (χ1) is 9.69. The fraction of sp³-hybridized carbons (Fsp3) is 0.312. The van der Waals surface area contributed by atoms with Crippen molar-refractivity contribution in [2.24, 2.45) is 0 Å². The molecule has 4 heteroatoms. The number of ether oxygens (including phenoxy) is 1. The van der Waals surface area contributed by atoms with Gasteiger partial charge in [-0.25, -0.2) is 0 Å². The smallest absolute Gasteiger partial charge is 0.118 e. The second kappa shape index (κ2) is 7.65. The summed E-state index contributed by atoms with van der Waals surface area (Å²) in [6.07, 6.45) is 6.48. The summed E-state index contributed by atoms with van der Waals surface area (Å²) in [5, 5.41) is 0.737. The van der Waals surface area contributed by atoms with Crippen LogP contribution < -0.4 is 4.74 Å². The van der Waals surface area contributed by atoms with Gasteiger partial charge in [-0.05, 0) is 48.6 Å². The maximum atomic E-state index is 6.12. The van der Waals surface area contributed by atoms with Crippen molar-refractivity contribution in [3.63, 3.8) is 0 Å². The van der Waals surface area contributed by atoms with Gasteiger partial charge in [0.1, 0.15) is 5.75 Å². The van der Waals surface area contributed by atoms with Gasteiger partial charge in [0.15, 0.2) is 0 Å². The van der Waals surface area contributed by atoms with Gasteiger partial charge in [0.05, 0.1) is 12.1 Å². The van der Waals surface area contributed by atoms with Gasteiger partial charge in [-0.15, -0.1) is 0 Å². The highest BCUT2D eigenvalue weighted by Gasteiger charge is 2.09. The van der Waals surface area contributed by atoms with Gasteiger partial charge in [-0.2, -0.15) is 0 Å². The second-order valence-electron chi connectivity index (χ2n) is 4.66. The Bertz CT molecular complexity index is 544. The van der Waals surface area contributed by atoms with Crippen molar-refractivity contribution in [2.45, 2.75) is 24.1 Å². The fourth-order valence-electron chi connectivity index (χ4n) is 2.03. The molecule has 2 rings (SSSR count). The quantitative estimate of drug-likeness (QED) is 0.703. The van der Waals surface area contributed by atoms with Crippen LogP contribution in [0.1, 0.15) is 17.5 Å². The Balaban J connectivity index is 1.85. The number of hydrogen-bond acceptors (Lipinski definition) is 2. The molecule has 2 nitrogen and oxygen atoms in total. The molecule has 1 aromatic heterocycles. The lowest BCUT2D eigenvalue weighted by Crippen LogP contribution is -2.05. The zero-order chi connectivity index (χ0) is 14.4. The Hall–Kier alpha value is -1.06. The van der Waals surface area contributed by atoms with Crippen molar-refractivity contribution in [2.75, 3.05) is 7.11 Å². The summed E-state index contributed by atoms with van der Waals surface area (Å²) >= 11 is 9.85. The third-order valence-corrected chi connectivity index (χ3v) is 4.33. The van der Waals surface area contributed by atoms with Crippen LogP contribution in [-0.2, 0) is 12.8 Å². The molecule has 0 fully saturated rings. The molecule has 0 spiro atoms. The van der Waals surface area contributed by atoms with Crippen LogP contribution in [0.3, 0.4) is 0 Å². The highest BCUT2D eigenvalue weighted by Crippen LogP contribution is 2.21. The van der Waals surface area contributed by atoms with Gasteiger partial charge in [0.2, 0.25) is 0 Å². The first-order valence-corrected chi connectivity index (χ1v) is 7.84. The van der Waals surface area contributed by atoms with Gasteiger partial charge in [0, 0.05) is 17.2 Å². The Morgan fingerprint density at radius 3 is 2.65 bits per heavy atom. The molecule has 1 aromatic carbocycles. The summed E-state index contributed by atoms with van der Waals surface area (Å²) in [5.74, 6) is 0.896. The van der Waals surface area contributed by atoms with Crippen molar-refractivity contribution in [3.05, 3.63) is 58.9 Å². The average Bonchev–Trinajstić information content (AvgIpc) is 2.48. The van der Waals surface area contributed by atoms with Gasteiger partial charge >= 0.3 is 0 Å². The Morgan fingerprint density at radius 2 is 2.00 bits per heavy atom. The standard InChI is InChI=1S/C16H17BrClNO/c1-20-15-6-3-12(4-7-15)2-5-14(17)10-13-8-9-19-11-16(13)18/h3-4,6-9,11,14H,2,5,10H2,1H3. The molecule has 0 saturated heterocycles. The van der Waals surface area contributed by atoms with E-state index in [-0.39, 0.29) is 0 Å². The molecule has 0 radical (unpaired) electrons. The van der Waals surface area contributed by atoms with Crippen molar-refractivity contribution >= 4 is 27.5 Å². The van der Waals surface area contributed by atoms with Gasteiger partial charge < -0.3 is 4.74 Å². The first kappa shape index (κ1) is 15.3. The summed E-state index contributed by atoms with van der Waals surface area (Å²) in [6.45, 7) is 0. The molecule has 0 N–H and O–H groups in total.